The van der Waals surface area contributed by atoms with Crippen molar-refractivity contribution in [3.8, 4) is 11.3 Å². The summed E-state index contributed by atoms with van der Waals surface area (Å²) in [5, 5.41) is 2.98. The number of hydrogen-bond acceptors (Lipinski definition) is 5. The summed E-state index contributed by atoms with van der Waals surface area (Å²) >= 11 is 0. The van der Waals surface area contributed by atoms with E-state index in [1.54, 1.807) is 30.6 Å². The minimum Gasteiger partial charge on any atom is -0.356 e. The van der Waals surface area contributed by atoms with Crippen LogP contribution in [0.2, 0.25) is 0 Å². The van der Waals surface area contributed by atoms with Gasteiger partial charge in [-0.25, -0.2) is 9.97 Å². The molecule has 1 aromatic heterocycles. The highest BCUT2D eigenvalue weighted by atomic mass is 16.2. The molecule has 1 atom stereocenters. The van der Waals surface area contributed by atoms with Gasteiger partial charge in [-0.2, -0.15) is 0 Å². The summed E-state index contributed by atoms with van der Waals surface area (Å²) < 4.78 is 0. The maximum atomic E-state index is 12.8. The number of carbonyl (C=O) groups excluding carboxylic acids is 2. The third-order valence-electron chi connectivity index (χ3n) is 5.40. The number of aromatic nitrogens is 2. The Hall–Kier alpha value is -3.54. The molecule has 6 nitrogen and oxygen atoms in total. The molecule has 1 N–H and O–H groups in total. The zero-order chi connectivity index (χ0) is 20.9. The lowest BCUT2D eigenvalue weighted by Gasteiger charge is -2.33. The lowest BCUT2D eigenvalue weighted by Crippen LogP contribution is -2.41. The van der Waals surface area contributed by atoms with E-state index < -0.39 is 0 Å². The summed E-state index contributed by atoms with van der Waals surface area (Å²) in [4.78, 5) is 35.2. The summed E-state index contributed by atoms with van der Waals surface area (Å²) in [6.45, 7) is 3.01. The number of hydrogen-bond donors (Lipinski definition) is 1. The first-order valence-electron chi connectivity index (χ1n) is 10.1. The van der Waals surface area contributed by atoms with Gasteiger partial charge in [0.15, 0.2) is 5.78 Å². The number of anilines is 2. The van der Waals surface area contributed by atoms with Crippen molar-refractivity contribution in [2.45, 2.75) is 19.8 Å². The topological polar surface area (TPSA) is 75.2 Å². The Bertz CT molecular complexity index is 1030. The Morgan fingerprint density at radius 3 is 2.53 bits per heavy atom. The minimum atomic E-state index is -0.124. The Balaban J connectivity index is 1.44. The second-order valence-corrected chi connectivity index (χ2v) is 7.54. The van der Waals surface area contributed by atoms with Crippen molar-refractivity contribution in [1.82, 2.24) is 9.97 Å². The van der Waals surface area contributed by atoms with Crippen molar-refractivity contribution in [3.05, 3.63) is 72.6 Å². The lowest BCUT2D eigenvalue weighted by atomic mass is 9.97. The lowest BCUT2D eigenvalue weighted by molar-refractivity contribution is -0.120. The molecule has 1 saturated heterocycles. The zero-order valence-corrected chi connectivity index (χ0v) is 16.9. The number of amides is 1. The maximum absolute atomic E-state index is 12.8. The summed E-state index contributed by atoms with van der Waals surface area (Å²) in [5.74, 6) is 0.719. The second kappa shape index (κ2) is 8.86. The number of benzene rings is 2. The van der Waals surface area contributed by atoms with Gasteiger partial charge >= 0.3 is 0 Å². The summed E-state index contributed by atoms with van der Waals surface area (Å²) in [5.41, 5.74) is 3.25. The average molecular weight is 400 g/mol. The molecule has 0 saturated carbocycles. The average Bonchev–Trinajstić information content (AvgIpc) is 2.80. The van der Waals surface area contributed by atoms with Crippen molar-refractivity contribution >= 4 is 23.2 Å². The Labute approximate surface area is 176 Å². The van der Waals surface area contributed by atoms with Gasteiger partial charge in [0.2, 0.25) is 5.91 Å². The molecule has 152 valence electrons. The van der Waals surface area contributed by atoms with Gasteiger partial charge in [-0.05, 0) is 44.0 Å². The van der Waals surface area contributed by atoms with Crippen molar-refractivity contribution in [2.75, 3.05) is 23.3 Å². The molecule has 0 bridgehead atoms. The van der Waals surface area contributed by atoms with Crippen LogP contribution in [0.1, 0.15) is 30.1 Å². The molecule has 0 spiro atoms. The molecule has 2 heterocycles. The zero-order valence-electron chi connectivity index (χ0n) is 16.9. The van der Waals surface area contributed by atoms with E-state index in [1.807, 2.05) is 36.4 Å². The van der Waals surface area contributed by atoms with Gasteiger partial charge in [-0.1, -0.05) is 30.3 Å². The molecule has 0 radical (unpaired) electrons. The first kappa shape index (κ1) is 19.8. The molecule has 1 aliphatic heterocycles. The minimum absolute atomic E-state index is 0.00684. The first-order valence-corrected chi connectivity index (χ1v) is 10.1. The molecule has 1 unspecified atom stereocenters. The van der Waals surface area contributed by atoms with Crippen molar-refractivity contribution < 1.29 is 9.59 Å². The SMILES string of the molecule is CC(=O)c1ccc(NC(=O)C2CCCN(c3cc(-c4ccccc4)ncn3)C2)cc1. The van der Waals surface area contributed by atoms with Gasteiger partial charge in [-0.3, -0.25) is 9.59 Å². The van der Waals surface area contributed by atoms with E-state index in [1.165, 1.54) is 6.92 Å². The van der Waals surface area contributed by atoms with Gasteiger partial charge in [0.1, 0.15) is 12.1 Å². The van der Waals surface area contributed by atoms with E-state index in [2.05, 4.69) is 20.2 Å². The third kappa shape index (κ3) is 4.54. The smallest absolute Gasteiger partial charge is 0.229 e. The molecule has 0 aliphatic carbocycles. The largest absolute Gasteiger partial charge is 0.356 e. The quantitative estimate of drug-likeness (QED) is 0.650. The van der Waals surface area contributed by atoms with Crippen LogP contribution < -0.4 is 10.2 Å². The van der Waals surface area contributed by atoms with E-state index in [4.69, 9.17) is 0 Å². The molecule has 6 heteroatoms. The Morgan fingerprint density at radius 2 is 1.80 bits per heavy atom. The van der Waals surface area contributed by atoms with E-state index in [9.17, 15) is 9.59 Å². The number of nitrogens with one attached hydrogen (secondary N) is 1. The Morgan fingerprint density at radius 1 is 1.03 bits per heavy atom. The van der Waals surface area contributed by atoms with Crippen LogP contribution in [0, 0.1) is 5.92 Å². The fourth-order valence-electron chi connectivity index (χ4n) is 3.72. The van der Waals surface area contributed by atoms with Crippen LogP contribution >= 0.6 is 0 Å². The molecular formula is C24H24N4O2. The van der Waals surface area contributed by atoms with Crippen LogP contribution in [0.5, 0.6) is 0 Å². The number of nitrogens with zero attached hydrogens (tertiary/aromatic N) is 3. The van der Waals surface area contributed by atoms with E-state index >= 15 is 0 Å². The highest BCUT2D eigenvalue weighted by Gasteiger charge is 2.27. The van der Waals surface area contributed by atoms with Crippen molar-refractivity contribution in [1.29, 1.82) is 0 Å². The predicted octanol–water partition coefficient (Wildman–Crippen LogP) is 4.20. The number of rotatable bonds is 5. The van der Waals surface area contributed by atoms with Crippen molar-refractivity contribution in [3.63, 3.8) is 0 Å². The highest BCUT2D eigenvalue weighted by molar-refractivity contribution is 5.96. The van der Waals surface area contributed by atoms with Gasteiger partial charge in [-0.15, -0.1) is 0 Å². The maximum Gasteiger partial charge on any atom is 0.229 e. The predicted molar refractivity (Wildman–Crippen MR) is 117 cm³/mol. The number of carbonyl (C=O) groups is 2. The number of Topliss-reactive ketones (excluding diaryl/α,β-unsaturated/α-hetero) is 1. The molecule has 1 aliphatic rings. The summed E-state index contributed by atoms with van der Waals surface area (Å²) in [7, 11) is 0. The monoisotopic (exact) mass is 400 g/mol. The molecule has 1 fully saturated rings. The van der Waals surface area contributed by atoms with E-state index in [-0.39, 0.29) is 17.6 Å². The van der Waals surface area contributed by atoms with E-state index in [0.717, 1.165) is 36.5 Å². The van der Waals surface area contributed by atoms with Crippen LogP contribution in [0.15, 0.2) is 67.0 Å². The van der Waals surface area contributed by atoms with Crippen LogP contribution in [0.25, 0.3) is 11.3 Å². The van der Waals surface area contributed by atoms with Gasteiger partial charge in [0.05, 0.1) is 11.6 Å². The van der Waals surface area contributed by atoms with Crippen LogP contribution in [0.3, 0.4) is 0 Å². The molecule has 1 amide bonds. The Kier molecular flexibility index (Phi) is 5.84. The van der Waals surface area contributed by atoms with Gasteiger partial charge < -0.3 is 10.2 Å². The normalized spacial score (nSPS) is 16.2. The van der Waals surface area contributed by atoms with Crippen LogP contribution in [-0.4, -0.2) is 34.7 Å². The number of piperidine rings is 1. The second-order valence-electron chi connectivity index (χ2n) is 7.54. The molecule has 30 heavy (non-hydrogen) atoms. The third-order valence-corrected chi connectivity index (χ3v) is 5.40. The summed E-state index contributed by atoms with van der Waals surface area (Å²) in [6.07, 6.45) is 3.34. The molecule has 3 aromatic rings. The summed E-state index contributed by atoms with van der Waals surface area (Å²) in [6, 6.07) is 19.0. The van der Waals surface area contributed by atoms with E-state index in [0.29, 0.717) is 17.8 Å². The standard InChI is InChI=1S/C24H24N4O2/c1-17(29)18-9-11-21(12-10-18)27-24(30)20-8-5-13-28(15-20)23-14-22(25-16-26-23)19-6-3-2-4-7-19/h2-4,6-7,9-12,14,16,20H,5,8,13,15H2,1H3,(H,27,30). The van der Waals surface area contributed by atoms with Crippen LogP contribution in [0.4, 0.5) is 11.5 Å². The molecule has 4 rings (SSSR count). The van der Waals surface area contributed by atoms with Gasteiger partial charge in [0.25, 0.3) is 0 Å². The first-order chi connectivity index (χ1) is 14.6. The molecule has 2 aromatic carbocycles. The fraction of sp³-hybridized carbons (Fsp3) is 0.250. The fourth-order valence-corrected chi connectivity index (χ4v) is 3.72. The number of ketones is 1. The van der Waals surface area contributed by atoms with Crippen molar-refractivity contribution in [2.24, 2.45) is 5.92 Å². The van der Waals surface area contributed by atoms with Gasteiger partial charge in [0, 0.05) is 36.0 Å². The highest BCUT2D eigenvalue weighted by Crippen LogP contribution is 2.25. The van der Waals surface area contributed by atoms with Crippen LogP contribution in [-0.2, 0) is 4.79 Å². The molecular weight excluding hydrogens is 376 g/mol.